The minimum atomic E-state index is -0.980. The van der Waals surface area contributed by atoms with Gasteiger partial charge in [0.1, 0.15) is 11.5 Å². The molecular weight excluding hydrogens is 278 g/mol. The lowest BCUT2D eigenvalue weighted by Gasteiger charge is -2.11. The maximum absolute atomic E-state index is 13.7. The van der Waals surface area contributed by atoms with Crippen LogP contribution < -0.4 is 5.32 Å². The Morgan fingerprint density at radius 3 is 2.52 bits per heavy atom. The second kappa shape index (κ2) is 5.87. The Kier molecular flexibility index (Phi) is 4.16. The summed E-state index contributed by atoms with van der Waals surface area (Å²) in [6.45, 7) is 4.07. The first-order valence-electron chi connectivity index (χ1n) is 6.32. The van der Waals surface area contributed by atoms with Crippen molar-refractivity contribution in [3.8, 4) is 0 Å². The largest absolute Gasteiger partial charge is 0.373 e. The highest BCUT2D eigenvalue weighted by atomic mass is 19.1. The molecule has 6 heteroatoms. The Morgan fingerprint density at radius 2 is 1.90 bits per heavy atom. The van der Waals surface area contributed by atoms with Gasteiger partial charge < -0.3 is 5.32 Å². The zero-order valence-electron chi connectivity index (χ0n) is 11.6. The summed E-state index contributed by atoms with van der Waals surface area (Å²) in [4.78, 5) is 10.1. The van der Waals surface area contributed by atoms with Gasteiger partial charge in [0.2, 0.25) is 0 Å². The molecule has 0 saturated heterocycles. The van der Waals surface area contributed by atoms with E-state index < -0.39 is 22.2 Å². The van der Waals surface area contributed by atoms with Crippen LogP contribution in [-0.4, -0.2) is 4.92 Å². The first kappa shape index (κ1) is 14.9. The molecule has 110 valence electrons. The van der Waals surface area contributed by atoms with Gasteiger partial charge in [-0.15, -0.1) is 0 Å². The molecule has 0 atom stereocenters. The van der Waals surface area contributed by atoms with Crippen LogP contribution in [0.5, 0.6) is 0 Å². The quantitative estimate of drug-likeness (QED) is 0.681. The fourth-order valence-corrected chi connectivity index (χ4v) is 2.11. The van der Waals surface area contributed by atoms with Crippen molar-refractivity contribution in [1.29, 1.82) is 0 Å². The maximum atomic E-state index is 13.7. The number of hydrogen-bond donors (Lipinski definition) is 1. The first-order valence-corrected chi connectivity index (χ1v) is 6.32. The summed E-state index contributed by atoms with van der Waals surface area (Å²) >= 11 is 0. The number of nitro benzene ring substituents is 1. The molecule has 0 radical (unpaired) electrons. The highest BCUT2D eigenvalue weighted by molar-refractivity contribution is 5.62. The molecule has 2 rings (SSSR count). The molecule has 0 saturated carbocycles. The fraction of sp³-hybridized carbons (Fsp3) is 0.200. The van der Waals surface area contributed by atoms with Gasteiger partial charge in [-0.2, -0.15) is 0 Å². The van der Waals surface area contributed by atoms with Crippen molar-refractivity contribution in [2.75, 3.05) is 5.32 Å². The lowest BCUT2D eigenvalue weighted by atomic mass is 10.1. The average molecular weight is 292 g/mol. The van der Waals surface area contributed by atoms with Crippen LogP contribution in [0.25, 0.3) is 0 Å². The van der Waals surface area contributed by atoms with Gasteiger partial charge in [-0.3, -0.25) is 10.1 Å². The lowest BCUT2D eigenvalue weighted by molar-refractivity contribution is -0.384. The SMILES string of the molecule is Cc1ccc(CNc2c(F)cc(F)cc2[N+](=O)[O-])c(C)c1. The van der Waals surface area contributed by atoms with Gasteiger partial charge in [-0.05, 0) is 25.0 Å². The fourth-order valence-electron chi connectivity index (χ4n) is 2.11. The first-order chi connectivity index (χ1) is 9.88. The molecule has 21 heavy (non-hydrogen) atoms. The molecule has 0 aliphatic rings. The maximum Gasteiger partial charge on any atom is 0.298 e. The molecule has 0 heterocycles. The van der Waals surface area contributed by atoms with Crippen LogP contribution in [-0.2, 0) is 6.54 Å². The van der Waals surface area contributed by atoms with E-state index in [1.165, 1.54) is 0 Å². The van der Waals surface area contributed by atoms with Gasteiger partial charge in [-0.25, -0.2) is 8.78 Å². The number of nitrogens with one attached hydrogen (secondary N) is 1. The second-order valence-electron chi connectivity index (χ2n) is 4.82. The number of rotatable bonds is 4. The zero-order valence-corrected chi connectivity index (χ0v) is 11.6. The summed E-state index contributed by atoms with van der Waals surface area (Å²) in [5.74, 6) is -1.96. The van der Waals surface area contributed by atoms with Crippen molar-refractivity contribution >= 4 is 11.4 Å². The number of aryl methyl sites for hydroxylation is 2. The third kappa shape index (κ3) is 3.34. The van der Waals surface area contributed by atoms with Gasteiger partial charge in [0.25, 0.3) is 5.69 Å². The minimum absolute atomic E-state index is 0.218. The number of anilines is 1. The van der Waals surface area contributed by atoms with Crippen molar-refractivity contribution in [1.82, 2.24) is 0 Å². The normalized spacial score (nSPS) is 10.5. The van der Waals surface area contributed by atoms with Gasteiger partial charge in [0.05, 0.1) is 11.0 Å². The van der Waals surface area contributed by atoms with E-state index in [0.717, 1.165) is 16.7 Å². The van der Waals surface area contributed by atoms with E-state index in [9.17, 15) is 18.9 Å². The van der Waals surface area contributed by atoms with Crippen LogP contribution in [0.2, 0.25) is 0 Å². The van der Waals surface area contributed by atoms with Crippen LogP contribution >= 0.6 is 0 Å². The van der Waals surface area contributed by atoms with Gasteiger partial charge in [0.15, 0.2) is 5.82 Å². The Balaban J connectivity index is 2.29. The Labute approximate surface area is 120 Å². The number of hydrogen-bond acceptors (Lipinski definition) is 3. The zero-order chi connectivity index (χ0) is 15.6. The smallest absolute Gasteiger partial charge is 0.298 e. The molecule has 0 aliphatic carbocycles. The molecule has 2 aromatic rings. The van der Waals surface area contributed by atoms with Crippen LogP contribution in [0.1, 0.15) is 16.7 Å². The minimum Gasteiger partial charge on any atom is -0.373 e. The van der Waals surface area contributed by atoms with E-state index in [1.54, 1.807) is 0 Å². The lowest BCUT2D eigenvalue weighted by Crippen LogP contribution is -2.06. The van der Waals surface area contributed by atoms with Crippen LogP contribution in [0.3, 0.4) is 0 Å². The number of benzene rings is 2. The summed E-state index contributed by atoms with van der Waals surface area (Å²) in [5, 5.41) is 13.6. The number of halogens is 2. The number of nitrogens with zero attached hydrogens (tertiary/aromatic N) is 1. The molecule has 1 N–H and O–H groups in total. The summed E-state index contributed by atoms with van der Waals surface area (Å²) in [6.07, 6.45) is 0. The van der Waals surface area contributed by atoms with E-state index in [0.29, 0.717) is 12.1 Å². The van der Waals surface area contributed by atoms with Gasteiger partial charge >= 0.3 is 0 Å². The van der Waals surface area contributed by atoms with E-state index in [4.69, 9.17) is 0 Å². The van der Waals surface area contributed by atoms with Crippen LogP contribution in [0.4, 0.5) is 20.2 Å². The van der Waals surface area contributed by atoms with Crippen LogP contribution in [0.15, 0.2) is 30.3 Å². The van der Waals surface area contributed by atoms with Crippen molar-refractivity contribution < 1.29 is 13.7 Å². The number of nitro groups is 1. The monoisotopic (exact) mass is 292 g/mol. The molecule has 0 aromatic heterocycles. The molecule has 0 unspecified atom stereocenters. The molecule has 2 aromatic carbocycles. The van der Waals surface area contributed by atoms with E-state index >= 15 is 0 Å². The highest BCUT2D eigenvalue weighted by Gasteiger charge is 2.20. The molecule has 0 aliphatic heterocycles. The standard InChI is InChI=1S/C15H14F2N2O2/c1-9-3-4-11(10(2)5-9)8-18-15-13(17)6-12(16)7-14(15)19(20)21/h3-7,18H,8H2,1-2H3. The second-order valence-corrected chi connectivity index (χ2v) is 4.82. The topological polar surface area (TPSA) is 55.2 Å². The van der Waals surface area contributed by atoms with Crippen molar-refractivity contribution in [3.63, 3.8) is 0 Å². The molecule has 0 amide bonds. The predicted molar refractivity (Wildman–Crippen MR) is 76.3 cm³/mol. The van der Waals surface area contributed by atoms with Gasteiger partial charge in [0, 0.05) is 12.6 Å². The van der Waals surface area contributed by atoms with Crippen molar-refractivity contribution in [2.45, 2.75) is 20.4 Å². The van der Waals surface area contributed by atoms with Crippen LogP contribution in [0, 0.1) is 35.6 Å². The summed E-state index contributed by atoms with van der Waals surface area (Å²) in [5.41, 5.74) is 2.06. The Bertz CT molecular complexity index is 702. The van der Waals surface area contributed by atoms with E-state index in [-0.39, 0.29) is 12.2 Å². The summed E-state index contributed by atoms with van der Waals surface area (Å²) in [6, 6.07) is 7.06. The third-order valence-electron chi connectivity index (χ3n) is 3.18. The molecule has 0 bridgehead atoms. The van der Waals surface area contributed by atoms with Crippen molar-refractivity contribution in [3.05, 3.63) is 68.8 Å². The molecule has 4 nitrogen and oxygen atoms in total. The van der Waals surface area contributed by atoms with Gasteiger partial charge in [-0.1, -0.05) is 23.8 Å². The van der Waals surface area contributed by atoms with E-state index in [1.807, 2.05) is 32.0 Å². The third-order valence-corrected chi connectivity index (χ3v) is 3.18. The highest BCUT2D eigenvalue weighted by Crippen LogP contribution is 2.29. The Hall–Kier alpha value is -2.50. The van der Waals surface area contributed by atoms with Crippen molar-refractivity contribution in [2.24, 2.45) is 0 Å². The average Bonchev–Trinajstić information content (AvgIpc) is 2.38. The summed E-state index contributed by atoms with van der Waals surface area (Å²) in [7, 11) is 0. The summed E-state index contributed by atoms with van der Waals surface area (Å²) < 4.78 is 26.8. The predicted octanol–water partition coefficient (Wildman–Crippen LogP) is 4.10. The Morgan fingerprint density at radius 1 is 1.19 bits per heavy atom. The molecule has 0 spiro atoms. The molecule has 0 fully saturated rings. The molecular formula is C15H14F2N2O2. The van der Waals surface area contributed by atoms with E-state index in [2.05, 4.69) is 5.32 Å².